The SMILES string of the molecule is CC(Nc1ccc(S(N)(=O)=O)cc1N)c1ccco1. The third-order valence-corrected chi connectivity index (χ3v) is 3.60. The Bertz CT molecular complexity index is 666. The van der Waals surface area contributed by atoms with E-state index in [1.165, 1.54) is 12.1 Å². The Labute approximate surface area is 111 Å². The van der Waals surface area contributed by atoms with Crippen LogP contribution in [0.4, 0.5) is 11.4 Å². The van der Waals surface area contributed by atoms with Gasteiger partial charge in [0.1, 0.15) is 5.76 Å². The van der Waals surface area contributed by atoms with E-state index < -0.39 is 10.0 Å². The highest BCUT2D eigenvalue weighted by Crippen LogP contribution is 2.26. The number of hydrogen-bond acceptors (Lipinski definition) is 5. The highest BCUT2D eigenvalue weighted by Gasteiger charge is 2.13. The van der Waals surface area contributed by atoms with Crippen molar-refractivity contribution >= 4 is 21.4 Å². The number of furan rings is 1. The van der Waals surface area contributed by atoms with E-state index >= 15 is 0 Å². The first-order valence-electron chi connectivity index (χ1n) is 5.60. The molecule has 6 nitrogen and oxygen atoms in total. The number of primary sulfonamides is 1. The Morgan fingerprint density at radius 2 is 2.05 bits per heavy atom. The van der Waals surface area contributed by atoms with Gasteiger partial charge < -0.3 is 15.5 Å². The Balaban J connectivity index is 2.23. The summed E-state index contributed by atoms with van der Waals surface area (Å²) in [6, 6.07) is 7.86. The van der Waals surface area contributed by atoms with Crippen molar-refractivity contribution in [3.63, 3.8) is 0 Å². The Morgan fingerprint density at radius 3 is 2.58 bits per heavy atom. The molecule has 1 atom stereocenters. The summed E-state index contributed by atoms with van der Waals surface area (Å²) in [6.07, 6.45) is 1.58. The molecule has 0 aliphatic rings. The summed E-state index contributed by atoms with van der Waals surface area (Å²) < 4.78 is 27.7. The van der Waals surface area contributed by atoms with Gasteiger partial charge in [-0.05, 0) is 37.3 Å². The van der Waals surface area contributed by atoms with Crippen LogP contribution < -0.4 is 16.2 Å². The summed E-state index contributed by atoms with van der Waals surface area (Å²) in [5.41, 5.74) is 6.74. The molecule has 2 aromatic rings. The van der Waals surface area contributed by atoms with Gasteiger partial charge in [-0.15, -0.1) is 0 Å². The van der Waals surface area contributed by atoms with E-state index in [-0.39, 0.29) is 10.9 Å². The van der Waals surface area contributed by atoms with Gasteiger partial charge in [0, 0.05) is 0 Å². The number of rotatable bonds is 4. The molecule has 2 rings (SSSR count). The normalized spacial score (nSPS) is 13.2. The summed E-state index contributed by atoms with van der Waals surface area (Å²) in [4.78, 5) is -0.0128. The summed E-state index contributed by atoms with van der Waals surface area (Å²) in [5.74, 6) is 0.759. The molecule has 5 N–H and O–H groups in total. The summed E-state index contributed by atoms with van der Waals surface area (Å²) in [6.45, 7) is 1.91. The Hall–Kier alpha value is -1.99. The van der Waals surface area contributed by atoms with Crippen molar-refractivity contribution in [3.8, 4) is 0 Å². The molecule has 0 radical (unpaired) electrons. The lowest BCUT2D eigenvalue weighted by molar-refractivity contribution is 0.490. The molecule has 0 aliphatic carbocycles. The largest absolute Gasteiger partial charge is 0.467 e. The average molecular weight is 281 g/mol. The molecule has 1 aromatic carbocycles. The van der Waals surface area contributed by atoms with E-state index in [9.17, 15) is 8.42 Å². The highest BCUT2D eigenvalue weighted by molar-refractivity contribution is 7.89. The molecule has 1 aromatic heterocycles. The van der Waals surface area contributed by atoms with Gasteiger partial charge >= 0.3 is 0 Å². The fourth-order valence-electron chi connectivity index (χ4n) is 1.69. The van der Waals surface area contributed by atoms with Crippen LogP contribution in [0.15, 0.2) is 45.9 Å². The van der Waals surface area contributed by atoms with Crippen LogP contribution in [0.25, 0.3) is 0 Å². The molecule has 7 heteroatoms. The zero-order chi connectivity index (χ0) is 14.0. The summed E-state index contributed by atoms with van der Waals surface area (Å²) >= 11 is 0. The van der Waals surface area contributed by atoms with Crippen molar-refractivity contribution in [2.24, 2.45) is 5.14 Å². The highest BCUT2D eigenvalue weighted by atomic mass is 32.2. The van der Waals surface area contributed by atoms with Gasteiger partial charge in [0.15, 0.2) is 0 Å². The fourth-order valence-corrected chi connectivity index (χ4v) is 2.24. The molecule has 19 heavy (non-hydrogen) atoms. The molecule has 0 fully saturated rings. The Kier molecular flexibility index (Phi) is 3.50. The number of nitrogens with one attached hydrogen (secondary N) is 1. The van der Waals surface area contributed by atoms with Gasteiger partial charge in [0.25, 0.3) is 0 Å². The topological polar surface area (TPSA) is 111 Å². The number of anilines is 2. The van der Waals surface area contributed by atoms with Crippen LogP contribution in [0.5, 0.6) is 0 Å². The van der Waals surface area contributed by atoms with Crippen LogP contribution in [-0.4, -0.2) is 8.42 Å². The van der Waals surface area contributed by atoms with Crippen molar-refractivity contribution in [2.45, 2.75) is 17.9 Å². The zero-order valence-corrected chi connectivity index (χ0v) is 11.1. The van der Waals surface area contributed by atoms with Crippen molar-refractivity contribution in [2.75, 3.05) is 11.1 Å². The van der Waals surface area contributed by atoms with Gasteiger partial charge in [0.2, 0.25) is 10.0 Å². The van der Waals surface area contributed by atoms with Crippen LogP contribution in [0.2, 0.25) is 0 Å². The third kappa shape index (κ3) is 3.07. The van der Waals surface area contributed by atoms with E-state index in [0.29, 0.717) is 11.4 Å². The van der Waals surface area contributed by atoms with Gasteiger partial charge in [-0.3, -0.25) is 0 Å². The second-order valence-corrected chi connectivity index (χ2v) is 5.74. The lowest BCUT2D eigenvalue weighted by atomic mass is 10.2. The van der Waals surface area contributed by atoms with Crippen LogP contribution in [0.3, 0.4) is 0 Å². The minimum absolute atomic E-state index is 0.0128. The number of sulfonamides is 1. The molecule has 0 bridgehead atoms. The molecule has 0 spiro atoms. The lowest BCUT2D eigenvalue weighted by Crippen LogP contribution is -2.13. The van der Waals surface area contributed by atoms with Crippen molar-refractivity contribution in [3.05, 3.63) is 42.4 Å². The molecule has 102 valence electrons. The van der Waals surface area contributed by atoms with Crippen LogP contribution in [0.1, 0.15) is 18.7 Å². The van der Waals surface area contributed by atoms with E-state index in [2.05, 4.69) is 5.32 Å². The van der Waals surface area contributed by atoms with E-state index in [1.807, 2.05) is 13.0 Å². The van der Waals surface area contributed by atoms with Crippen molar-refractivity contribution in [1.82, 2.24) is 0 Å². The summed E-state index contributed by atoms with van der Waals surface area (Å²) in [7, 11) is -3.74. The van der Waals surface area contributed by atoms with Gasteiger partial charge in [-0.1, -0.05) is 0 Å². The molecular formula is C12H15N3O3S. The number of nitrogens with two attached hydrogens (primary N) is 2. The van der Waals surface area contributed by atoms with Gasteiger partial charge in [-0.25, -0.2) is 13.6 Å². The van der Waals surface area contributed by atoms with Crippen LogP contribution >= 0.6 is 0 Å². The fraction of sp³-hybridized carbons (Fsp3) is 0.167. The molecular weight excluding hydrogens is 266 g/mol. The third-order valence-electron chi connectivity index (χ3n) is 2.69. The smallest absolute Gasteiger partial charge is 0.238 e. The average Bonchev–Trinajstić information content (AvgIpc) is 2.84. The van der Waals surface area contributed by atoms with E-state index in [1.54, 1.807) is 18.4 Å². The van der Waals surface area contributed by atoms with Crippen molar-refractivity contribution in [1.29, 1.82) is 0 Å². The van der Waals surface area contributed by atoms with Gasteiger partial charge in [-0.2, -0.15) is 0 Å². The van der Waals surface area contributed by atoms with Crippen LogP contribution in [0, 0.1) is 0 Å². The standard InChI is InChI=1S/C12H15N3O3S/c1-8(12-3-2-6-18-12)15-11-5-4-9(7-10(11)13)19(14,16)17/h2-8,15H,13H2,1H3,(H2,14,16,17). The first-order chi connectivity index (χ1) is 8.88. The predicted octanol–water partition coefficient (Wildman–Crippen LogP) is 1.68. The maximum Gasteiger partial charge on any atom is 0.238 e. The monoisotopic (exact) mass is 281 g/mol. The first-order valence-corrected chi connectivity index (χ1v) is 7.15. The maximum absolute atomic E-state index is 11.2. The Morgan fingerprint density at radius 1 is 1.32 bits per heavy atom. The number of hydrogen-bond donors (Lipinski definition) is 3. The molecule has 1 heterocycles. The van der Waals surface area contributed by atoms with Gasteiger partial charge in [0.05, 0.1) is 28.6 Å². The summed E-state index contributed by atoms with van der Waals surface area (Å²) in [5, 5.41) is 8.17. The molecule has 0 saturated carbocycles. The minimum Gasteiger partial charge on any atom is -0.467 e. The molecule has 1 unspecified atom stereocenters. The maximum atomic E-state index is 11.2. The predicted molar refractivity (Wildman–Crippen MR) is 73.0 cm³/mol. The van der Waals surface area contributed by atoms with E-state index in [4.69, 9.17) is 15.3 Å². The number of nitrogen functional groups attached to an aromatic ring is 1. The molecule has 0 saturated heterocycles. The lowest BCUT2D eigenvalue weighted by Gasteiger charge is -2.15. The van der Waals surface area contributed by atoms with Crippen molar-refractivity contribution < 1.29 is 12.8 Å². The minimum atomic E-state index is -3.74. The number of benzene rings is 1. The molecule has 0 aliphatic heterocycles. The van der Waals surface area contributed by atoms with Crippen LogP contribution in [-0.2, 0) is 10.0 Å². The first kappa shape index (κ1) is 13.4. The second kappa shape index (κ2) is 4.94. The van der Waals surface area contributed by atoms with E-state index in [0.717, 1.165) is 5.76 Å². The second-order valence-electron chi connectivity index (χ2n) is 4.18. The molecule has 0 amide bonds. The zero-order valence-electron chi connectivity index (χ0n) is 10.3. The quantitative estimate of drug-likeness (QED) is 0.738.